The highest BCUT2D eigenvalue weighted by atomic mass is 16.6. The van der Waals surface area contributed by atoms with Gasteiger partial charge in [0.1, 0.15) is 12.7 Å². The molecule has 1 unspecified atom stereocenters. The van der Waals surface area contributed by atoms with E-state index < -0.39 is 6.10 Å². The van der Waals surface area contributed by atoms with Crippen molar-refractivity contribution in [2.75, 3.05) is 19.7 Å². The van der Waals surface area contributed by atoms with E-state index >= 15 is 0 Å². The Kier molecular flexibility index (Phi) is 6.06. The van der Waals surface area contributed by atoms with Gasteiger partial charge >= 0.3 is 0 Å². The number of hydrogen-bond acceptors (Lipinski definition) is 4. The van der Waals surface area contributed by atoms with Crippen LogP contribution in [0.2, 0.25) is 0 Å². The lowest BCUT2D eigenvalue weighted by Crippen LogP contribution is -2.30. The van der Waals surface area contributed by atoms with Crippen molar-refractivity contribution in [3.8, 4) is 0 Å². The summed E-state index contributed by atoms with van der Waals surface area (Å²) in [4.78, 5) is 5.38. The van der Waals surface area contributed by atoms with Crippen LogP contribution in [0.5, 0.6) is 0 Å². The zero-order valence-electron chi connectivity index (χ0n) is 13.8. The van der Waals surface area contributed by atoms with Crippen LogP contribution in [0.25, 0.3) is 0 Å². The molecule has 23 heavy (non-hydrogen) atoms. The van der Waals surface area contributed by atoms with Crippen molar-refractivity contribution in [3.63, 3.8) is 0 Å². The predicted octanol–water partition coefficient (Wildman–Crippen LogP) is 2.76. The van der Waals surface area contributed by atoms with E-state index in [0.29, 0.717) is 18.4 Å². The summed E-state index contributed by atoms with van der Waals surface area (Å²) in [5.41, 5.74) is 2.62. The van der Waals surface area contributed by atoms with Gasteiger partial charge in [-0.2, -0.15) is 0 Å². The average Bonchev–Trinajstić information content (AvgIpc) is 3.46. The molecular formula is C19H28N2O2. The maximum absolute atomic E-state index is 9.93. The van der Waals surface area contributed by atoms with Gasteiger partial charge in [0.15, 0.2) is 0 Å². The third-order valence-electron chi connectivity index (χ3n) is 4.47. The van der Waals surface area contributed by atoms with E-state index in [1.54, 1.807) is 0 Å². The summed E-state index contributed by atoms with van der Waals surface area (Å²) in [6.07, 6.45) is 6.72. The lowest BCUT2D eigenvalue weighted by Gasteiger charge is -2.11. The van der Waals surface area contributed by atoms with E-state index in [4.69, 9.17) is 4.84 Å². The summed E-state index contributed by atoms with van der Waals surface area (Å²) in [5, 5.41) is 17.5. The fraction of sp³-hybridized carbons (Fsp3) is 0.632. The van der Waals surface area contributed by atoms with E-state index in [2.05, 4.69) is 34.7 Å². The van der Waals surface area contributed by atoms with Gasteiger partial charge in [0.05, 0.1) is 5.71 Å². The third kappa shape index (κ3) is 5.96. The number of nitrogens with one attached hydrogen (secondary N) is 1. The van der Waals surface area contributed by atoms with Crippen molar-refractivity contribution in [2.45, 2.75) is 44.6 Å². The zero-order chi connectivity index (χ0) is 15.9. The molecule has 0 bridgehead atoms. The summed E-state index contributed by atoms with van der Waals surface area (Å²) in [5.74, 6) is 1.35. The minimum absolute atomic E-state index is 0.286. The Hall–Kier alpha value is -1.39. The van der Waals surface area contributed by atoms with Crippen LogP contribution >= 0.6 is 0 Å². The number of benzene rings is 1. The molecule has 0 spiro atoms. The molecule has 2 aliphatic carbocycles. The van der Waals surface area contributed by atoms with Gasteiger partial charge < -0.3 is 15.3 Å². The minimum atomic E-state index is -0.491. The second-order valence-corrected chi connectivity index (χ2v) is 6.81. The summed E-state index contributed by atoms with van der Waals surface area (Å²) in [6.45, 7) is 1.76. The van der Waals surface area contributed by atoms with Crippen LogP contribution in [0.4, 0.5) is 0 Å². The van der Waals surface area contributed by atoms with Crippen LogP contribution in [0.3, 0.4) is 0 Å². The normalized spacial score (nSPS) is 18.5. The predicted molar refractivity (Wildman–Crippen MR) is 92.5 cm³/mol. The molecule has 0 saturated heterocycles. The number of rotatable bonds is 11. The molecule has 1 atom stereocenters. The Bertz CT molecular complexity index is 481. The first-order valence-electron chi connectivity index (χ1n) is 8.95. The van der Waals surface area contributed by atoms with E-state index in [0.717, 1.165) is 19.4 Å². The van der Waals surface area contributed by atoms with Gasteiger partial charge in [0, 0.05) is 18.4 Å². The highest BCUT2D eigenvalue weighted by molar-refractivity contribution is 5.92. The molecule has 2 saturated carbocycles. The molecule has 4 heteroatoms. The number of oxime groups is 1. The summed E-state index contributed by atoms with van der Waals surface area (Å²) < 4.78 is 0. The van der Waals surface area contributed by atoms with Crippen molar-refractivity contribution < 1.29 is 9.94 Å². The van der Waals surface area contributed by atoms with Crippen LogP contribution < -0.4 is 5.32 Å². The molecule has 1 aromatic rings. The molecule has 3 rings (SSSR count). The van der Waals surface area contributed by atoms with Gasteiger partial charge in [-0.15, -0.1) is 0 Å². The first kappa shape index (κ1) is 16.5. The monoisotopic (exact) mass is 316 g/mol. The summed E-state index contributed by atoms with van der Waals surface area (Å²) in [7, 11) is 0. The third-order valence-corrected chi connectivity index (χ3v) is 4.47. The molecule has 0 radical (unpaired) electrons. The average molecular weight is 316 g/mol. The van der Waals surface area contributed by atoms with Gasteiger partial charge in [-0.05, 0) is 50.6 Å². The second-order valence-electron chi connectivity index (χ2n) is 6.81. The Morgan fingerprint density at radius 2 is 1.87 bits per heavy atom. The smallest absolute Gasteiger partial charge is 0.144 e. The van der Waals surface area contributed by atoms with Gasteiger partial charge in [-0.25, -0.2) is 0 Å². The van der Waals surface area contributed by atoms with Crippen LogP contribution in [0.1, 0.15) is 37.7 Å². The fourth-order valence-electron chi connectivity index (χ4n) is 2.83. The van der Waals surface area contributed by atoms with E-state index in [1.165, 1.54) is 37.0 Å². The zero-order valence-corrected chi connectivity index (χ0v) is 13.8. The van der Waals surface area contributed by atoms with Gasteiger partial charge in [-0.3, -0.25) is 0 Å². The number of aliphatic hydroxyl groups is 1. The Morgan fingerprint density at radius 3 is 2.52 bits per heavy atom. The largest absolute Gasteiger partial charge is 0.393 e. The molecule has 4 nitrogen and oxygen atoms in total. The minimum Gasteiger partial charge on any atom is -0.393 e. The molecule has 2 N–H and O–H groups in total. The van der Waals surface area contributed by atoms with Crippen LogP contribution in [0, 0.1) is 11.8 Å². The first-order chi connectivity index (χ1) is 11.3. The molecule has 1 aromatic carbocycles. The Balaban J connectivity index is 1.23. The highest BCUT2D eigenvalue weighted by Gasteiger charge is 2.38. The van der Waals surface area contributed by atoms with Crippen molar-refractivity contribution in [3.05, 3.63) is 35.9 Å². The Morgan fingerprint density at radius 1 is 1.17 bits per heavy atom. The summed E-state index contributed by atoms with van der Waals surface area (Å²) in [6, 6.07) is 10.5. The quantitative estimate of drug-likeness (QED) is 0.375. The first-order valence-corrected chi connectivity index (χ1v) is 8.95. The van der Waals surface area contributed by atoms with Crippen LogP contribution in [-0.2, 0) is 11.3 Å². The lowest BCUT2D eigenvalue weighted by atomic mass is 10.1. The Labute approximate surface area is 138 Å². The molecule has 2 aliphatic rings. The van der Waals surface area contributed by atoms with Crippen molar-refractivity contribution in [1.29, 1.82) is 0 Å². The van der Waals surface area contributed by atoms with Crippen LogP contribution in [-0.4, -0.2) is 36.6 Å². The van der Waals surface area contributed by atoms with Crippen molar-refractivity contribution in [1.82, 2.24) is 5.32 Å². The maximum Gasteiger partial charge on any atom is 0.144 e. The summed E-state index contributed by atoms with van der Waals surface area (Å²) >= 11 is 0. The molecule has 2 fully saturated rings. The molecule has 0 aromatic heterocycles. The van der Waals surface area contributed by atoms with E-state index in [-0.39, 0.29) is 6.61 Å². The second kappa shape index (κ2) is 8.46. The molecule has 0 heterocycles. The van der Waals surface area contributed by atoms with Crippen molar-refractivity contribution >= 4 is 5.71 Å². The fourth-order valence-corrected chi connectivity index (χ4v) is 2.83. The lowest BCUT2D eigenvalue weighted by molar-refractivity contribution is 0.0396. The van der Waals surface area contributed by atoms with E-state index in [9.17, 15) is 5.11 Å². The van der Waals surface area contributed by atoms with Crippen molar-refractivity contribution in [2.24, 2.45) is 17.0 Å². The SMILES string of the molecule is OC(CNCCCc1ccccc1)CON=C(C1CC1)C1CC1. The highest BCUT2D eigenvalue weighted by Crippen LogP contribution is 2.42. The van der Waals surface area contributed by atoms with Gasteiger partial charge in [-0.1, -0.05) is 35.5 Å². The molecule has 0 amide bonds. The number of aliphatic hydroxyl groups excluding tert-OH is 1. The standard InChI is InChI=1S/C19H28N2O2/c22-18(13-20-12-4-7-15-5-2-1-3-6-15)14-23-21-19(16-8-9-16)17-10-11-17/h1-3,5-6,16-18,20,22H,4,7-14H2. The molecular weight excluding hydrogens is 288 g/mol. The number of nitrogens with zero attached hydrogens (tertiary/aromatic N) is 1. The van der Waals surface area contributed by atoms with Gasteiger partial charge in [0.25, 0.3) is 0 Å². The van der Waals surface area contributed by atoms with E-state index in [1.807, 2.05) is 6.07 Å². The topological polar surface area (TPSA) is 53.8 Å². The van der Waals surface area contributed by atoms with Crippen LogP contribution in [0.15, 0.2) is 35.5 Å². The number of aryl methyl sites for hydroxylation is 1. The molecule has 126 valence electrons. The number of hydrogen-bond donors (Lipinski definition) is 2. The molecule has 0 aliphatic heterocycles. The maximum atomic E-state index is 9.93. The van der Waals surface area contributed by atoms with Gasteiger partial charge in [0.2, 0.25) is 0 Å².